The third-order valence-corrected chi connectivity index (χ3v) is 2.56. The largest absolute Gasteiger partial charge is 0.465 e. The summed E-state index contributed by atoms with van der Waals surface area (Å²) < 4.78 is 5.20. The Labute approximate surface area is 88.5 Å². The fourth-order valence-electron chi connectivity index (χ4n) is 1.71. The molecule has 1 N–H and O–H groups in total. The molecule has 0 unspecified atom stereocenters. The summed E-state index contributed by atoms with van der Waals surface area (Å²) in [7, 11) is 0. The summed E-state index contributed by atoms with van der Waals surface area (Å²) in [5.74, 6) is 0.759. The number of carbonyl (C=O) groups is 1. The van der Waals surface area contributed by atoms with Crippen molar-refractivity contribution in [2.45, 2.75) is 20.3 Å². The van der Waals surface area contributed by atoms with Crippen LogP contribution >= 0.6 is 0 Å². The highest BCUT2D eigenvalue weighted by atomic mass is 16.3. The third kappa shape index (κ3) is 1.73. The van der Waals surface area contributed by atoms with Gasteiger partial charge in [-0.25, -0.2) is 0 Å². The van der Waals surface area contributed by atoms with Gasteiger partial charge < -0.3 is 9.73 Å². The van der Waals surface area contributed by atoms with Crippen LogP contribution in [0.5, 0.6) is 0 Å². The maximum Gasteiger partial charge on any atom is 0.251 e. The number of allylic oxidation sites excluding steroid dienone is 1. The van der Waals surface area contributed by atoms with Gasteiger partial charge in [0.05, 0.1) is 6.26 Å². The van der Waals surface area contributed by atoms with Gasteiger partial charge in [0.25, 0.3) is 5.91 Å². The summed E-state index contributed by atoms with van der Waals surface area (Å²) in [5.41, 5.74) is 2.71. The highest BCUT2D eigenvalue weighted by molar-refractivity contribution is 6.01. The lowest BCUT2D eigenvalue weighted by Crippen LogP contribution is -2.15. The monoisotopic (exact) mass is 203 g/mol. The lowest BCUT2D eigenvalue weighted by Gasteiger charge is -1.97. The number of hydrogen-bond acceptors (Lipinski definition) is 2. The first kappa shape index (κ1) is 9.77. The van der Waals surface area contributed by atoms with E-state index in [2.05, 4.69) is 5.32 Å². The van der Waals surface area contributed by atoms with Crippen molar-refractivity contribution >= 4 is 12.0 Å². The van der Waals surface area contributed by atoms with E-state index in [1.807, 2.05) is 32.1 Å². The second-order valence-electron chi connectivity index (χ2n) is 3.48. The maximum atomic E-state index is 11.5. The molecule has 0 saturated carbocycles. The molecule has 3 heteroatoms. The van der Waals surface area contributed by atoms with Gasteiger partial charge >= 0.3 is 0 Å². The minimum absolute atomic E-state index is 0.00723. The van der Waals surface area contributed by atoms with Crippen molar-refractivity contribution in [2.24, 2.45) is 0 Å². The van der Waals surface area contributed by atoms with E-state index in [9.17, 15) is 4.79 Å². The zero-order chi connectivity index (χ0) is 10.8. The number of nitrogens with one attached hydrogen (secondary N) is 1. The van der Waals surface area contributed by atoms with Crippen LogP contribution in [0.2, 0.25) is 0 Å². The lowest BCUT2D eigenvalue weighted by atomic mass is 10.1. The van der Waals surface area contributed by atoms with Gasteiger partial charge in [-0.1, -0.05) is 6.92 Å². The van der Waals surface area contributed by atoms with Crippen LogP contribution < -0.4 is 5.32 Å². The SMILES string of the molecule is CCC1=C(C)/C(=C/c2ccco2)NC1=O. The van der Waals surface area contributed by atoms with E-state index in [1.54, 1.807) is 6.26 Å². The first-order valence-corrected chi connectivity index (χ1v) is 4.99. The molecular weight excluding hydrogens is 190 g/mol. The number of hydrogen-bond donors (Lipinski definition) is 1. The molecule has 0 spiro atoms. The molecule has 1 aliphatic rings. The van der Waals surface area contributed by atoms with Crippen LogP contribution in [0.1, 0.15) is 26.0 Å². The van der Waals surface area contributed by atoms with Crippen LogP contribution in [0.25, 0.3) is 6.08 Å². The van der Waals surface area contributed by atoms with Crippen LogP contribution in [0.4, 0.5) is 0 Å². The smallest absolute Gasteiger partial charge is 0.251 e. The van der Waals surface area contributed by atoms with Crippen LogP contribution in [-0.4, -0.2) is 5.91 Å². The summed E-state index contributed by atoms with van der Waals surface area (Å²) in [6, 6.07) is 3.68. The van der Waals surface area contributed by atoms with Crippen molar-refractivity contribution in [1.82, 2.24) is 5.32 Å². The molecule has 0 aliphatic carbocycles. The first-order chi connectivity index (χ1) is 7.22. The van der Waals surface area contributed by atoms with E-state index in [-0.39, 0.29) is 5.91 Å². The Kier molecular flexibility index (Phi) is 2.46. The quantitative estimate of drug-likeness (QED) is 0.802. The summed E-state index contributed by atoms with van der Waals surface area (Å²) in [4.78, 5) is 11.5. The fraction of sp³-hybridized carbons (Fsp3) is 0.250. The average molecular weight is 203 g/mol. The Bertz CT molecular complexity index is 438. The van der Waals surface area contributed by atoms with Crippen LogP contribution in [-0.2, 0) is 4.79 Å². The predicted molar refractivity (Wildman–Crippen MR) is 57.8 cm³/mol. The molecule has 0 atom stereocenters. The number of carbonyl (C=O) groups excluding carboxylic acids is 1. The van der Waals surface area contributed by atoms with Crippen molar-refractivity contribution in [3.05, 3.63) is 41.0 Å². The molecule has 2 heterocycles. The van der Waals surface area contributed by atoms with Gasteiger partial charge in [0.2, 0.25) is 0 Å². The zero-order valence-electron chi connectivity index (χ0n) is 8.83. The molecule has 1 amide bonds. The van der Waals surface area contributed by atoms with Gasteiger partial charge in [-0.15, -0.1) is 0 Å². The molecule has 1 aromatic rings. The molecule has 3 nitrogen and oxygen atoms in total. The van der Waals surface area contributed by atoms with Crippen molar-refractivity contribution < 1.29 is 9.21 Å². The topological polar surface area (TPSA) is 42.2 Å². The normalized spacial score (nSPS) is 18.8. The predicted octanol–water partition coefficient (Wildman–Crippen LogP) is 2.48. The highest BCUT2D eigenvalue weighted by Crippen LogP contribution is 2.24. The van der Waals surface area contributed by atoms with Gasteiger partial charge in [0.1, 0.15) is 5.76 Å². The molecule has 0 saturated heterocycles. The van der Waals surface area contributed by atoms with E-state index >= 15 is 0 Å². The maximum absolute atomic E-state index is 11.5. The molecule has 15 heavy (non-hydrogen) atoms. The Balaban J connectivity index is 2.35. The molecule has 0 aromatic carbocycles. The highest BCUT2D eigenvalue weighted by Gasteiger charge is 2.22. The van der Waals surface area contributed by atoms with E-state index in [4.69, 9.17) is 4.42 Å². The van der Waals surface area contributed by atoms with Crippen LogP contribution in [0.15, 0.2) is 39.7 Å². The molecule has 1 aromatic heterocycles. The average Bonchev–Trinajstić information content (AvgIpc) is 2.78. The molecule has 0 bridgehead atoms. The summed E-state index contributed by atoms with van der Waals surface area (Å²) in [6.45, 7) is 3.93. The second kappa shape index (κ2) is 3.77. The Morgan fingerprint density at radius 3 is 2.87 bits per heavy atom. The van der Waals surface area contributed by atoms with Crippen LogP contribution in [0, 0.1) is 0 Å². The van der Waals surface area contributed by atoms with Crippen molar-refractivity contribution in [1.29, 1.82) is 0 Å². The minimum Gasteiger partial charge on any atom is -0.465 e. The Morgan fingerprint density at radius 2 is 2.33 bits per heavy atom. The number of amides is 1. The summed E-state index contributed by atoms with van der Waals surface area (Å²) >= 11 is 0. The van der Waals surface area contributed by atoms with Crippen molar-refractivity contribution in [2.75, 3.05) is 0 Å². The van der Waals surface area contributed by atoms with Gasteiger partial charge in [-0.05, 0) is 31.1 Å². The lowest BCUT2D eigenvalue weighted by molar-refractivity contribution is -0.116. The van der Waals surface area contributed by atoms with E-state index in [1.165, 1.54) is 0 Å². The number of rotatable bonds is 2. The number of furan rings is 1. The van der Waals surface area contributed by atoms with Crippen molar-refractivity contribution in [3.63, 3.8) is 0 Å². The van der Waals surface area contributed by atoms with Crippen molar-refractivity contribution in [3.8, 4) is 0 Å². The Hall–Kier alpha value is -1.77. The minimum atomic E-state index is 0.00723. The zero-order valence-corrected chi connectivity index (χ0v) is 8.83. The molecule has 0 radical (unpaired) electrons. The molecular formula is C12H13NO2. The van der Waals surface area contributed by atoms with Gasteiger partial charge in [0.15, 0.2) is 0 Å². The Morgan fingerprint density at radius 1 is 1.53 bits per heavy atom. The molecule has 0 fully saturated rings. The second-order valence-corrected chi connectivity index (χ2v) is 3.48. The van der Waals surface area contributed by atoms with Gasteiger partial charge in [0, 0.05) is 17.3 Å². The fourth-order valence-corrected chi connectivity index (χ4v) is 1.71. The standard InChI is InChI=1S/C12H13NO2/c1-3-10-8(2)11(13-12(10)14)7-9-5-4-6-15-9/h4-7H,3H2,1-2H3,(H,13,14)/b11-7-. The van der Waals surface area contributed by atoms with Gasteiger partial charge in [-0.2, -0.15) is 0 Å². The van der Waals surface area contributed by atoms with E-state index in [0.717, 1.165) is 29.0 Å². The van der Waals surface area contributed by atoms with Gasteiger partial charge in [-0.3, -0.25) is 4.79 Å². The summed E-state index contributed by atoms with van der Waals surface area (Å²) in [5, 5.41) is 2.83. The molecule has 1 aliphatic heterocycles. The van der Waals surface area contributed by atoms with E-state index < -0.39 is 0 Å². The summed E-state index contributed by atoms with van der Waals surface area (Å²) in [6.07, 6.45) is 4.21. The van der Waals surface area contributed by atoms with E-state index in [0.29, 0.717) is 0 Å². The molecule has 78 valence electrons. The first-order valence-electron chi connectivity index (χ1n) is 4.99. The molecule has 2 rings (SSSR count). The third-order valence-electron chi connectivity index (χ3n) is 2.56. The van der Waals surface area contributed by atoms with Crippen LogP contribution in [0.3, 0.4) is 0 Å².